The number of methoxy groups -OCH3 is 1. The lowest BCUT2D eigenvalue weighted by molar-refractivity contribution is 0.254. The van der Waals surface area contributed by atoms with Crippen molar-refractivity contribution in [2.75, 3.05) is 33.5 Å². The van der Waals surface area contributed by atoms with Gasteiger partial charge in [-0.3, -0.25) is 0 Å². The summed E-state index contributed by atoms with van der Waals surface area (Å²) in [5, 5.41) is 0.691. The Bertz CT molecular complexity index is 668. The topological polar surface area (TPSA) is 51.4 Å². The van der Waals surface area contributed by atoms with Gasteiger partial charge in [-0.1, -0.05) is 12.1 Å². The largest absolute Gasteiger partial charge is 0.497 e. The van der Waals surface area contributed by atoms with E-state index in [9.17, 15) is 0 Å². The fourth-order valence-electron chi connectivity index (χ4n) is 3.52. The summed E-state index contributed by atoms with van der Waals surface area (Å²) in [6, 6.07) is 8.49. The first kappa shape index (κ1) is 15.3. The molecule has 0 bridgehead atoms. The van der Waals surface area contributed by atoms with E-state index in [0.717, 1.165) is 31.6 Å². The van der Waals surface area contributed by atoms with Crippen molar-refractivity contribution in [3.8, 4) is 5.75 Å². The molecule has 0 saturated heterocycles. The molecule has 0 radical (unpaired) electrons. The van der Waals surface area contributed by atoms with Crippen LogP contribution in [0, 0.1) is 0 Å². The highest BCUT2D eigenvalue weighted by molar-refractivity contribution is 7.15. The van der Waals surface area contributed by atoms with Gasteiger partial charge in [0.1, 0.15) is 5.75 Å². The van der Waals surface area contributed by atoms with Crippen LogP contribution >= 0.6 is 11.3 Å². The molecule has 1 aromatic heterocycles. The van der Waals surface area contributed by atoms with Crippen LogP contribution in [0.3, 0.4) is 0 Å². The highest BCUT2D eigenvalue weighted by Gasteiger charge is 2.38. The van der Waals surface area contributed by atoms with E-state index in [1.54, 1.807) is 18.4 Å². The molecule has 0 saturated carbocycles. The third kappa shape index (κ3) is 2.83. The van der Waals surface area contributed by atoms with Gasteiger partial charge in [0.2, 0.25) is 0 Å². The van der Waals surface area contributed by atoms with E-state index in [-0.39, 0.29) is 5.41 Å². The van der Waals surface area contributed by atoms with Crippen LogP contribution in [0.25, 0.3) is 0 Å². The Kier molecular flexibility index (Phi) is 4.10. The Morgan fingerprint density at radius 2 is 2.23 bits per heavy atom. The van der Waals surface area contributed by atoms with E-state index < -0.39 is 0 Å². The van der Waals surface area contributed by atoms with Crippen LogP contribution in [0.1, 0.15) is 22.6 Å². The molecule has 118 valence electrons. The first-order valence-corrected chi connectivity index (χ1v) is 8.37. The fraction of sp³-hybridized carbons (Fsp3) is 0.471. The molecular formula is C17H23N3OS. The maximum absolute atomic E-state index is 5.91. The summed E-state index contributed by atoms with van der Waals surface area (Å²) < 4.78 is 5.43. The molecule has 4 nitrogen and oxygen atoms in total. The molecule has 2 N–H and O–H groups in total. The summed E-state index contributed by atoms with van der Waals surface area (Å²) in [4.78, 5) is 8.10. The molecule has 0 amide bonds. The van der Waals surface area contributed by atoms with Crippen LogP contribution in [0.15, 0.2) is 24.3 Å². The molecule has 1 heterocycles. The van der Waals surface area contributed by atoms with Gasteiger partial charge in [-0.15, -0.1) is 11.3 Å². The number of fused-ring (bicyclic) bond motifs is 1. The molecule has 0 spiro atoms. The summed E-state index contributed by atoms with van der Waals surface area (Å²) in [7, 11) is 6.00. The Morgan fingerprint density at radius 3 is 2.95 bits per heavy atom. The van der Waals surface area contributed by atoms with Gasteiger partial charge < -0.3 is 15.4 Å². The van der Waals surface area contributed by atoms with Gasteiger partial charge in [0.25, 0.3) is 0 Å². The zero-order chi connectivity index (χ0) is 15.7. The number of nitrogens with zero attached hydrogens (tertiary/aromatic N) is 2. The highest BCUT2D eigenvalue weighted by Crippen LogP contribution is 2.42. The number of anilines is 1. The second kappa shape index (κ2) is 5.89. The molecule has 1 aliphatic carbocycles. The predicted molar refractivity (Wildman–Crippen MR) is 91.8 cm³/mol. The zero-order valence-corrected chi connectivity index (χ0v) is 14.2. The van der Waals surface area contributed by atoms with Crippen molar-refractivity contribution in [1.29, 1.82) is 0 Å². The molecule has 3 rings (SSSR count). The monoisotopic (exact) mass is 317 g/mol. The van der Waals surface area contributed by atoms with Gasteiger partial charge in [0.15, 0.2) is 5.13 Å². The van der Waals surface area contributed by atoms with Crippen molar-refractivity contribution >= 4 is 16.5 Å². The number of aromatic nitrogens is 1. The predicted octanol–water partition coefficient (Wildman–Crippen LogP) is 2.72. The maximum atomic E-state index is 5.91. The molecule has 1 aliphatic rings. The first-order chi connectivity index (χ1) is 10.5. The minimum Gasteiger partial charge on any atom is -0.497 e. The third-order valence-electron chi connectivity index (χ3n) is 4.44. The normalized spacial score (nSPS) is 20.9. The van der Waals surface area contributed by atoms with E-state index in [4.69, 9.17) is 10.5 Å². The van der Waals surface area contributed by atoms with Crippen molar-refractivity contribution in [2.45, 2.75) is 24.7 Å². The lowest BCUT2D eigenvalue weighted by Gasteiger charge is -2.39. The number of thiazole rings is 1. The lowest BCUT2D eigenvalue weighted by Crippen LogP contribution is -2.42. The molecular weight excluding hydrogens is 294 g/mol. The maximum Gasteiger partial charge on any atom is 0.180 e. The molecule has 1 unspecified atom stereocenters. The smallest absolute Gasteiger partial charge is 0.180 e. The summed E-state index contributed by atoms with van der Waals surface area (Å²) in [5.74, 6) is 0.922. The molecule has 22 heavy (non-hydrogen) atoms. The molecule has 2 aromatic rings. The summed E-state index contributed by atoms with van der Waals surface area (Å²) in [6.07, 6.45) is 3.09. The van der Waals surface area contributed by atoms with E-state index in [0.29, 0.717) is 5.13 Å². The highest BCUT2D eigenvalue weighted by atomic mass is 32.1. The second-order valence-corrected chi connectivity index (χ2v) is 7.46. The van der Waals surface area contributed by atoms with Crippen LogP contribution in [-0.2, 0) is 18.3 Å². The molecule has 5 heteroatoms. The molecule has 0 aliphatic heterocycles. The molecule has 1 aromatic carbocycles. The van der Waals surface area contributed by atoms with Gasteiger partial charge >= 0.3 is 0 Å². The van der Waals surface area contributed by atoms with E-state index in [1.807, 2.05) is 6.07 Å². The second-order valence-electron chi connectivity index (χ2n) is 6.35. The fourth-order valence-corrected chi connectivity index (χ4v) is 4.54. The number of nitrogen functional groups attached to an aromatic ring is 1. The third-order valence-corrected chi connectivity index (χ3v) is 5.36. The van der Waals surface area contributed by atoms with Crippen molar-refractivity contribution in [2.24, 2.45) is 0 Å². The average molecular weight is 317 g/mol. The number of likely N-dealkylation sites (N-methyl/N-ethyl adjacent to an activating group) is 1. The SMILES string of the molecule is COc1cccc(C2(CN(C)C)CCc3nc(N)sc3C2)c1. The Hall–Kier alpha value is -1.59. The van der Waals surface area contributed by atoms with Gasteiger partial charge in [-0.2, -0.15) is 0 Å². The summed E-state index contributed by atoms with van der Waals surface area (Å²) >= 11 is 1.64. The van der Waals surface area contributed by atoms with E-state index in [2.05, 4.69) is 42.2 Å². The van der Waals surface area contributed by atoms with Crippen LogP contribution in [-0.4, -0.2) is 37.6 Å². The minimum absolute atomic E-state index is 0.101. The Labute approximate surface area is 135 Å². The number of hydrogen-bond acceptors (Lipinski definition) is 5. The van der Waals surface area contributed by atoms with Crippen molar-refractivity contribution in [3.05, 3.63) is 40.4 Å². The number of hydrogen-bond donors (Lipinski definition) is 1. The summed E-state index contributed by atoms with van der Waals surface area (Å²) in [5.41, 5.74) is 8.55. The van der Waals surface area contributed by atoms with Gasteiger partial charge in [0, 0.05) is 16.8 Å². The van der Waals surface area contributed by atoms with Crippen molar-refractivity contribution in [3.63, 3.8) is 0 Å². The quantitative estimate of drug-likeness (QED) is 0.942. The number of aryl methyl sites for hydroxylation is 1. The van der Waals surface area contributed by atoms with Crippen LogP contribution in [0.5, 0.6) is 5.75 Å². The molecule has 1 atom stereocenters. The Morgan fingerprint density at radius 1 is 1.41 bits per heavy atom. The lowest BCUT2D eigenvalue weighted by atomic mass is 9.70. The van der Waals surface area contributed by atoms with E-state index >= 15 is 0 Å². The number of rotatable bonds is 4. The van der Waals surface area contributed by atoms with Crippen LogP contribution < -0.4 is 10.5 Å². The van der Waals surface area contributed by atoms with Crippen LogP contribution in [0.4, 0.5) is 5.13 Å². The van der Waals surface area contributed by atoms with Gasteiger partial charge in [-0.25, -0.2) is 4.98 Å². The number of benzene rings is 1. The summed E-state index contributed by atoms with van der Waals surface area (Å²) in [6.45, 7) is 1.01. The van der Waals surface area contributed by atoms with Gasteiger partial charge in [-0.05, 0) is 51.1 Å². The number of ether oxygens (including phenoxy) is 1. The standard InChI is InChI=1S/C17H23N3OS/c1-20(2)11-17(12-5-4-6-13(9-12)21-3)8-7-14-15(10-17)22-16(18)19-14/h4-6,9H,7-8,10-11H2,1-3H3,(H2,18,19). The minimum atomic E-state index is 0.101. The number of nitrogens with two attached hydrogens (primary N) is 1. The first-order valence-electron chi connectivity index (χ1n) is 7.56. The zero-order valence-electron chi connectivity index (χ0n) is 13.4. The van der Waals surface area contributed by atoms with Crippen molar-refractivity contribution in [1.82, 2.24) is 9.88 Å². The average Bonchev–Trinajstić information content (AvgIpc) is 2.85. The Balaban J connectivity index is 2.02. The van der Waals surface area contributed by atoms with Crippen molar-refractivity contribution < 1.29 is 4.74 Å². The molecule has 0 fully saturated rings. The van der Waals surface area contributed by atoms with E-state index in [1.165, 1.54) is 16.1 Å². The van der Waals surface area contributed by atoms with Crippen LogP contribution in [0.2, 0.25) is 0 Å². The van der Waals surface area contributed by atoms with Gasteiger partial charge in [0.05, 0.1) is 12.8 Å².